The van der Waals surface area contributed by atoms with Crippen LogP contribution in [0.4, 0.5) is 5.82 Å². The molecule has 19 heavy (non-hydrogen) atoms. The number of aromatic nitrogens is 2. The second-order valence-corrected chi connectivity index (χ2v) is 5.89. The lowest BCUT2D eigenvalue weighted by Crippen LogP contribution is -2.21. The lowest BCUT2D eigenvalue weighted by atomic mass is 10.1. The normalized spacial score (nSPS) is 15.5. The highest BCUT2D eigenvalue weighted by atomic mass is 32.2. The van der Waals surface area contributed by atoms with Crippen molar-refractivity contribution in [1.29, 1.82) is 0 Å². The number of hydrogen-bond acceptors (Lipinski definition) is 5. The van der Waals surface area contributed by atoms with Crippen molar-refractivity contribution in [2.75, 3.05) is 24.8 Å². The van der Waals surface area contributed by atoms with Crippen LogP contribution in [-0.4, -0.2) is 35.5 Å². The maximum Gasteiger partial charge on any atom is 0.137 e. The van der Waals surface area contributed by atoms with Crippen molar-refractivity contribution in [2.24, 2.45) is 0 Å². The van der Waals surface area contributed by atoms with Crippen LogP contribution in [0.5, 0.6) is 0 Å². The number of benzene rings is 1. The van der Waals surface area contributed by atoms with E-state index in [1.54, 1.807) is 13.4 Å². The first-order valence-corrected chi connectivity index (χ1v) is 7.43. The van der Waals surface area contributed by atoms with E-state index in [4.69, 9.17) is 4.74 Å². The van der Waals surface area contributed by atoms with E-state index in [0.717, 1.165) is 23.5 Å². The fraction of sp³-hybridized carbons (Fsp3) is 0.429. The molecule has 0 bridgehead atoms. The minimum Gasteiger partial charge on any atom is -0.383 e. The van der Waals surface area contributed by atoms with E-state index in [1.807, 2.05) is 11.8 Å². The van der Waals surface area contributed by atoms with Crippen molar-refractivity contribution in [3.8, 4) is 0 Å². The maximum absolute atomic E-state index is 5.17. The highest BCUT2D eigenvalue weighted by molar-refractivity contribution is 7.99. The zero-order valence-corrected chi connectivity index (χ0v) is 12.0. The van der Waals surface area contributed by atoms with Gasteiger partial charge < -0.3 is 10.1 Å². The molecule has 0 fully saturated rings. The van der Waals surface area contributed by atoms with Crippen LogP contribution in [0.2, 0.25) is 0 Å². The summed E-state index contributed by atoms with van der Waals surface area (Å²) in [6, 6.07) is 4.48. The third-order valence-electron chi connectivity index (χ3n) is 3.28. The van der Waals surface area contributed by atoms with Crippen molar-refractivity contribution in [1.82, 2.24) is 9.97 Å². The molecular weight excluding hydrogens is 258 g/mol. The van der Waals surface area contributed by atoms with Gasteiger partial charge in [-0.3, -0.25) is 0 Å². The van der Waals surface area contributed by atoms with Gasteiger partial charge in [0.15, 0.2) is 0 Å². The molecule has 2 heterocycles. The molecule has 100 valence electrons. The number of methoxy groups -OCH3 is 1. The first-order chi connectivity index (χ1) is 9.29. The van der Waals surface area contributed by atoms with Crippen molar-refractivity contribution < 1.29 is 4.74 Å². The molecule has 1 unspecified atom stereocenters. The average Bonchev–Trinajstić information content (AvgIpc) is 2.87. The SMILES string of the molecule is COCC(C)Nc1ncnc2ccc3c(c12)CCS3. The van der Waals surface area contributed by atoms with Crippen molar-refractivity contribution in [2.45, 2.75) is 24.3 Å². The van der Waals surface area contributed by atoms with Gasteiger partial charge in [-0.2, -0.15) is 0 Å². The number of anilines is 1. The van der Waals surface area contributed by atoms with E-state index in [9.17, 15) is 0 Å². The number of nitrogens with one attached hydrogen (secondary N) is 1. The quantitative estimate of drug-likeness (QED) is 0.929. The van der Waals surface area contributed by atoms with Gasteiger partial charge in [0.2, 0.25) is 0 Å². The number of rotatable bonds is 4. The van der Waals surface area contributed by atoms with E-state index in [0.29, 0.717) is 6.61 Å². The Morgan fingerprint density at radius 1 is 1.42 bits per heavy atom. The molecule has 0 saturated carbocycles. The van der Waals surface area contributed by atoms with Gasteiger partial charge in [0.25, 0.3) is 0 Å². The number of fused-ring (bicyclic) bond motifs is 3. The predicted molar refractivity (Wildman–Crippen MR) is 78.9 cm³/mol. The molecule has 1 atom stereocenters. The first-order valence-electron chi connectivity index (χ1n) is 6.44. The second kappa shape index (κ2) is 5.35. The molecule has 4 nitrogen and oxygen atoms in total. The Morgan fingerprint density at radius 2 is 2.32 bits per heavy atom. The van der Waals surface area contributed by atoms with Crippen LogP contribution in [-0.2, 0) is 11.2 Å². The molecule has 1 aliphatic heterocycles. The highest BCUT2D eigenvalue weighted by Crippen LogP contribution is 2.38. The number of thioether (sulfide) groups is 1. The fourth-order valence-corrected chi connectivity index (χ4v) is 3.55. The summed E-state index contributed by atoms with van der Waals surface area (Å²) >= 11 is 1.91. The molecule has 1 N–H and O–H groups in total. The minimum absolute atomic E-state index is 0.230. The highest BCUT2D eigenvalue weighted by Gasteiger charge is 2.18. The van der Waals surface area contributed by atoms with Crippen LogP contribution < -0.4 is 5.32 Å². The zero-order chi connectivity index (χ0) is 13.2. The Labute approximate surface area is 117 Å². The predicted octanol–water partition coefficient (Wildman–Crippen LogP) is 2.72. The third kappa shape index (κ3) is 2.40. The van der Waals surface area contributed by atoms with E-state index in [-0.39, 0.29) is 6.04 Å². The Bertz CT molecular complexity index is 603. The Hall–Kier alpha value is -1.33. The van der Waals surface area contributed by atoms with Crippen molar-refractivity contribution >= 4 is 28.5 Å². The second-order valence-electron chi connectivity index (χ2n) is 4.76. The summed E-state index contributed by atoms with van der Waals surface area (Å²) in [6.45, 7) is 2.75. The van der Waals surface area contributed by atoms with Gasteiger partial charge in [-0.25, -0.2) is 9.97 Å². The summed E-state index contributed by atoms with van der Waals surface area (Å²) < 4.78 is 5.17. The van der Waals surface area contributed by atoms with Crippen LogP contribution >= 0.6 is 11.8 Å². The smallest absolute Gasteiger partial charge is 0.137 e. The van der Waals surface area contributed by atoms with Crippen LogP contribution in [0.25, 0.3) is 10.9 Å². The molecule has 1 aromatic heterocycles. The van der Waals surface area contributed by atoms with Crippen LogP contribution in [0, 0.1) is 0 Å². The van der Waals surface area contributed by atoms with Gasteiger partial charge in [-0.05, 0) is 31.0 Å². The Balaban J connectivity index is 2.06. The van der Waals surface area contributed by atoms with Gasteiger partial charge in [-0.1, -0.05) is 0 Å². The molecule has 3 rings (SSSR count). The van der Waals surface area contributed by atoms with Crippen molar-refractivity contribution in [3.63, 3.8) is 0 Å². The standard InChI is InChI=1S/C14H17N3OS/c1-9(7-18-2)17-14-13-10-5-6-19-12(10)4-3-11(13)15-8-16-14/h3-4,8-9H,5-7H2,1-2H3,(H,15,16,17). The van der Waals surface area contributed by atoms with Crippen LogP contribution in [0.3, 0.4) is 0 Å². The molecular formula is C14H17N3OS. The van der Waals surface area contributed by atoms with Crippen molar-refractivity contribution in [3.05, 3.63) is 24.0 Å². The number of nitrogens with zero attached hydrogens (tertiary/aromatic N) is 2. The molecule has 1 aliphatic rings. The number of hydrogen-bond donors (Lipinski definition) is 1. The molecule has 0 spiro atoms. The third-order valence-corrected chi connectivity index (χ3v) is 4.38. The number of ether oxygens (including phenoxy) is 1. The Morgan fingerprint density at radius 3 is 3.16 bits per heavy atom. The Kier molecular flexibility index (Phi) is 3.57. The summed E-state index contributed by atoms with van der Waals surface area (Å²) in [4.78, 5) is 10.2. The summed E-state index contributed by atoms with van der Waals surface area (Å²) in [5, 5.41) is 4.60. The lowest BCUT2D eigenvalue weighted by Gasteiger charge is -2.16. The summed E-state index contributed by atoms with van der Waals surface area (Å²) in [5.74, 6) is 2.07. The van der Waals surface area contributed by atoms with E-state index in [2.05, 4.69) is 34.3 Å². The molecule has 0 amide bonds. The molecule has 0 saturated heterocycles. The average molecular weight is 275 g/mol. The van der Waals surface area contributed by atoms with Gasteiger partial charge >= 0.3 is 0 Å². The summed E-state index contributed by atoms with van der Waals surface area (Å²) in [5.41, 5.74) is 2.40. The molecule has 5 heteroatoms. The monoisotopic (exact) mass is 275 g/mol. The zero-order valence-electron chi connectivity index (χ0n) is 11.1. The summed E-state index contributed by atoms with van der Waals surface area (Å²) in [6.07, 6.45) is 2.72. The van der Waals surface area contributed by atoms with E-state index in [1.165, 1.54) is 15.8 Å². The van der Waals surface area contributed by atoms with E-state index < -0.39 is 0 Å². The molecule has 0 radical (unpaired) electrons. The van der Waals surface area contributed by atoms with Gasteiger partial charge in [0.1, 0.15) is 12.1 Å². The fourth-order valence-electron chi connectivity index (χ4n) is 2.48. The minimum atomic E-state index is 0.230. The first kappa shape index (κ1) is 12.7. The topological polar surface area (TPSA) is 47.0 Å². The lowest BCUT2D eigenvalue weighted by molar-refractivity contribution is 0.190. The summed E-state index contributed by atoms with van der Waals surface area (Å²) in [7, 11) is 1.71. The molecule has 1 aromatic carbocycles. The number of aryl methyl sites for hydroxylation is 1. The molecule has 0 aliphatic carbocycles. The van der Waals surface area contributed by atoms with Crippen LogP contribution in [0.1, 0.15) is 12.5 Å². The van der Waals surface area contributed by atoms with Gasteiger partial charge in [0.05, 0.1) is 12.1 Å². The van der Waals surface area contributed by atoms with E-state index >= 15 is 0 Å². The van der Waals surface area contributed by atoms with Gasteiger partial charge in [0, 0.05) is 29.2 Å². The van der Waals surface area contributed by atoms with Gasteiger partial charge in [-0.15, -0.1) is 11.8 Å². The van der Waals surface area contributed by atoms with Crippen LogP contribution in [0.15, 0.2) is 23.4 Å². The molecule has 2 aromatic rings. The largest absolute Gasteiger partial charge is 0.383 e. The maximum atomic E-state index is 5.17.